The Morgan fingerprint density at radius 3 is 2.73 bits per heavy atom. The molecular weight excluding hydrogens is 390 g/mol. The van der Waals surface area contributed by atoms with Gasteiger partial charge in [0.05, 0.1) is 47.2 Å². The van der Waals surface area contributed by atoms with Crippen LogP contribution in [0.5, 0.6) is 5.75 Å². The number of thiophene rings is 1. The van der Waals surface area contributed by atoms with Crippen molar-refractivity contribution < 1.29 is 14.4 Å². The number of fused-ring (bicyclic) bond motifs is 1. The molecule has 26 heavy (non-hydrogen) atoms. The Hall–Kier alpha value is -1.67. The highest BCUT2D eigenvalue weighted by Gasteiger charge is 2.23. The number of amides is 1. The topological polar surface area (TPSA) is 46.9 Å². The van der Waals surface area contributed by atoms with E-state index in [-0.39, 0.29) is 5.91 Å². The van der Waals surface area contributed by atoms with E-state index in [0.29, 0.717) is 20.9 Å². The number of hydrogen-bond acceptors (Lipinski definition) is 5. The van der Waals surface area contributed by atoms with Gasteiger partial charge in [0.2, 0.25) is 0 Å². The monoisotopic (exact) mass is 410 g/mol. The lowest BCUT2D eigenvalue weighted by Gasteiger charge is -2.19. The Morgan fingerprint density at radius 2 is 2.08 bits per heavy atom. The summed E-state index contributed by atoms with van der Waals surface area (Å²) < 4.78 is 6.91. The number of hydrogen-bond donors (Lipinski definition) is 1. The van der Waals surface area contributed by atoms with Crippen LogP contribution in [0.2, 0.25) is 4.34 Å². The van der Waals surface area contributed by atoms with Gasteiger partial charge in [0.25, 0.3) is 5.91 Å². The Bertz CT molecular complexity index is 907. The molecule has 8 heteroatoms. The van der Waals surface area contributed by atoms with Gasteiger partial charge in [-0.1, -0.05) is 22.9 Å². The van der Waals surface area contributed by atoms with Crippen LogP contribution in [0.4, 0.5) is 5.13 Å². The number of nitrogens with one attached hydrogen (secondary N) is 1. The van der Waals surface area contributed by atoms with Crippen molar-refractivity contribution in [3.8, 4) is 5.75 Å². The largest absolute Gasteiger partial charge is 0.497 e. The number of rotatable bonds is 7. The third-order valence-electron chi connectivity index (χ3n) is 3.90. The van der Waals surface area contributed by atoms with Crippen LogP contribution >= 0.6 is 34.3 Å². The van der Waals surface area contributed by atoms with Crippen LogP contribution in [0.3, 0.4) is 0 Å². The Kier molecular flexibility index (Phi) is 6.13. The van der Waals surface area contributed by atoms with Gasteiger partial charge in [-0.3, -0.25) is 9.69 Å². The van der Waals surface area contributed by atoms with Crippen LogP contribution in [-0.2, 0) is 0 Å². The van der Waals surface area contributed by atoms with Crippen LogP contribution in [-0.4, -0.2) is 45.2 Å². The van der Waals surface area contributed by atoms with Crippen LogP contribution in [0.1, 0.15) is 16.1 Å². The standard InChI is InChI=1S/C18H20ClN3O2S2/c1-21(2)9-4-10-22(17(23)15-7-8-16(19)25-15)18-20-13-11-12(24-3)5-6-14(13)26-18/h5-8,11H,4,9-10H2,1-3H3/p+1. The van der Waals surface area contributed by atoms with Gasteiger partial charge < -0.3 is 9.64 Å². The van der Waals surface area contributed by atoms with E-state index >= 15 is 0 Å². The van der Waals surface area contributed by atoms with E-state index in [2.05, 4.69) is 19.1 Å². The number of methoxy groups -OCH3 is 1. The molecule has 0 saturated carbocycles. The number of thiazole rings is 1. The van der Waals surface area contributed by atoms with Crippen molar-refractivity contribution in [2.45, 2.75) is 6.42 Å². The van der Waals surface area contributed by atoms with Gasteiger partial charge in [0.1, 0.15) is 5.75 Å². The fourth-order valence-corrected chi connectivity index (χ4v) is 4.54. The molecule has 2 heterocycles. The van der Waals surface area contributed by atoms with Crippen molar-refractivity contribution in [3.05, 3.63) is 39.5 Å². The molecule has 5 nitrogen and oxygen atoms in total. The van der Waals surface area contributed by atoms with Crippen molar-refractivity contribution in [2.24, 2.45) is 0 Å². The van der Waals surface area contributed by atoms with E-state index in [9.17, 15) is 4.79 Å². The van der Waals surface area contributed by atoms with E-state index in [4.69, 9.17) is 16.3 Å². The van der Waals surface area contributed by atoms with E-state index < -0.39 is 0 Å². The molecule has 1 amide bonds. The maximum absolute atomic E-state index is 13.0. The molecule has 1 aromatic carbocycles. The molecule has 0 unspecified atom stereocenters. The van der Waals surface area contributed by atoms with Gasteiger partial charge in [-0.05, 0) is 24.3 Å². The first kappa shape index (κ1) is 19.1. The molecule has 0 radical (unpaired) electrons. The summed E-state index contributed by atoms with van der Waals surface area (Å²) in [5, 5.41) is 0.705. The van der Waals surface area contributed by atoms with Gasteiger partial charge in [-0.25, -0.2) is 4.98 Å². The average molecular weight is 411 g/mol. The van der Waals surface area contributed by atoms with Crippen LogP contribution < -0.4 is 14.5 Å². The normalized spacial score (nSPS) is 11.3. The molecule has 138 valence electrons. The van der Waals surface area contributed by atoms with Gasteiger partial charge in [0, 0.05) is 19.0 Å². The summed E-state index contributed by atoms with van der Waals surface area (Å²) in [6.07, 6.45) is 0.895. The number of carbonyl (C=O) groups excluding carboxylic acids is 1. The number of anilines is 1. The van der Waals surface area contributed by atoms with Gasteiger partial charge in [-0.2, -0.15) is 0 Å². The summed E-state index contributed by atoms with van der Waals surface area (Å²) in [6, 6.07) is 9.31. The SMILES string of the molecule is COc1ccc2sc(N(CCC[NH+](C)C)C(=O)c3ccc(Cl)s3)nc2c1. The second-order valence-electron chi connectivity index (χ2n) is 6.20. The minimum Gasteiger partial charge on any atom is -0.497 e. The van der Waals surface area contributed by atoms with E-state index in [1.54, 1.807) is 24.1 Å². The molecule has 0 atom stereocenters. The maximum Gasteiger partial charge on any atom is 0.270 e. The van der Waals surface area contributed by atoms with E-state index in [1.165, 1.54) is 27.6 Å². The van der Waals surface area contributed by atoms with E-state index in [1.807, 2.05) is 18.2 Å². The first-order valence-electron chi connectivity index (χ1n) is 8.28. The number of quaternary nitrogens is 1. The highest BCUT2D eigenvalue weighted by atomic mass is 35.5. The fourth-order valence-electron chi connectivity index (χ4n) is 2.57. The van der Waals surface area contributed by atoms with Crippen molar-refractivity contribution in [1.29, 1.82) is 0 Å². The number of nitrogens with zero attached hydrogens (tertiary/aromatic N) is 2. The van der Waals surface area contributed by atoms with Gasteiger partial charge in [-0.15, -0.1) is 11.3 Å². The summed E-state index contributed by atoms with van der Waals surface area (Å²) in [5.74, 6) is 0.704. The van der Waals surface area contributed by atoms with Gasteiger partial charge in [0.15, 0.2) is 5.13 Å². The smallest absolute Gasteiger partial charge is 0.270 e. The molecule has 0 fully saturated rings. The van der Waals surface area contributed by atoms with Crippen LogP contribution in [0.15, 0.2) is 30.3 Å². The molecule has 0 aliphatic heterocycles. The lowest BCUT2D eigenvalue weighted by Crippen LogP contribution is -3.05. The minimum atomic E-state index is -0.0540. The summed E-state index contributed by atoms with van der Waals surface area (Å²) in [4.78, 5) is 21.5. The van der Waals surface area contributed by atoms with Crippen LogP contribution in [0.25, 0.3) is 10.2 Å². The molecule has 3 aromatic rings. The number of ether oxygens (including phenoxy) is 1. The zero-order valence-electron chi connectivity index (χ0n) is 14.9. The predicted molar refractivity (Wildman–Crippen MR) is 109 cm³/mol. The molecule has 0 bridgehead atoms. The minimum absolute atomic E-state index is 0.0540. The first-order chi connectivity index (χ1) is 12.5. The van der Waals surface area contributed by atoms with Crippen molar-refractivity contribution >= 4 is 55.5 Å². The lowest BCUT2D eigenvalue weighted by atomic mass is 10.3. The molecule has 3 rings (SSSR count). The summed E-state index contributed by atoms with van der Waals surface area (Å²) >= 11 is 8.83. The molecule has 0 spiro atoms. The van der Waals surface area contributed by atoms with Crippen molar-refractivity contribution in [3.63, 3.8) is 0 Å². The van der Waals surface area contributed by atoms with Crippen molar-refractivity contribution in [2.75, 3.05) is 39.2 Å². The van der Waals surface area contributed by atoms with Gasteiger partial charge >= 0.3 is 0 Å². The zero-order valence-corrected chi connectivity index (χ0v) is 17.3. The number of aromatic nitrogens is 1. The maximum atomic E-state index is 13.0. The lowest BCUT2D eigenvalue weighted by molar-refractivity contribution is -0.858. The number of carbonyl (C=O) groups is 1. The molecule has 0 aliphatic rings. The van der Waals surface area contributed by atoms with Crippen molar-refractivity contribution in [1.82, 2.24) is 4.98 Å². The third kappa shape index (κ3) is 4.35. The summed E-state index contributed by atoms with van der Waals surface area (Å²) in [6.45, 7) is 1.60. The average Bonchev–Trinajstić information content (AvgIpc) is 3.23. The molecule has 1 N–H and O–H groups in total. The number of halogens is 1. The second kappa shape index (κ2) is 8.35. The zero-order chi connectivity index (χ0) is 18.7. The molecule has 0 saturated heterocycles. The summed E-state index contributed by atoms with van der Waals surface area (Å²) in [7, 11) is 5.85. The van der Waals surface area contributed by atoms with E-state index in [0.717, 1.165) is 28.9 Å². The number of benzene rings is 1. The molecule has 2 aromatic heterocycles. The Morgan fingerprint density at radius 1 is 1.27 bits per heavy atom. The second-order valence-corrected chi connectivity index (χ2v) is 8.93. The quantitative estimate of drug-likeness (QED) is 0.650. The highest BCUT2D eigenvalue weighted by molar-refractivity contribution is 7.22. The van der Waals surface area contributed by atoms with Crippen LogP contribution in [0, 0.1) is 0 Å². The highest BCUT2D eigenvalue weighted by Crippen LogP contribution is 2.33. The fraction of sp³-hybridized carbons (Fsp3) is 0.333. The summed E-state index contributed by atoms with van der Waals surface area (Å²) in [5.41, 5.74) is 0.838. The third-order valence-corrected chi connectivity index (χ3v) is 6.18. The first-order valence-corrected chi connectivity index (χ1v) is 10.3. The predicted octanol–water partition coefficient (Wildman–Crippen LogP) is 3.20. The molecular formula is C18H21ClN3O2S2+. The Labute approximate surface area is 165 Å². The Balaban J connectivity index is 1.92. The molecule has 0 aliphatic carbocycles.